The molecule has 10 rings (SSSR count). The Morgan fingerprint density at radius 1 is 0.757 bits per heavy atom. The van der Waals surface area contributed by atoms with Gasteiger partial charge in [-0.15, -0.1) is 0 Å². The van der Waals surface area contributed by atoms with Crippen LogP contribution in [-0.4, -0.2) is 151 Å². The number of rotatable bonds is 19. The lowest BCUT2D eigenvalue weighted by Gasteiger charge is -2.36. The number of pyridine rings is 2. The molecule has 0 radical (unpaired) electrons. The molecule has 2 fully saturated rings. The lowest BCUT2D eigenvalue weighted by atomic mass is 9.85. The largest absolute Gasteiger partial charge is 0.495 e. The van der Waals surface area contributed by atoms with Crippen LogP contribution in [0.5, 0.6) is 11.5 Å². The van der Waals surface area contributed by atoms with E-state index in [1.807, 2.05) is 31.3 Å². The summed E-state index contributed by atoms with van der Waals surface area (Å²) in [6.07, 6.45) is 9.15. The van der Waals surface area contributed by atoms with Crippen molar-refractivity contribution in [3.05, 3.63) is 101 Å². The van der Waals surface area contributed by atoms with Gasteiger partial charge in [0.15, 0.2) is 6.79 Å². The van der Waals surface area contributed by atoms with Crippen LogP contribution in [0.4, 0.5) is 40.6 Å². The van der Waals surface area contributed by atoms with E-state index < -0.39 is 10.8 Å². The Bertz CT molecular complexity index is 2950. The van der Waals surface area contributed by atoms with Gasteiger partial charge in [0.25, 0.3) is 0 Å². The van der Waals surface area contributed by atoms with Crippen molar-refractivity contribution < 1.29 is 24.1 Å². The summed E-state index contributed by atoms with van der Waals surface area (Å²) in [7, 11) is 3.41. The molecule has 0 aliphatic carbocycles. The number of ether oxygens (including phenoxy) is 4. The number of likely N-dealkylation sites (N-methyl/N-ethyl adjacent to an activating group) is 1. The number of aryl methyl sites for hydroxylation is 1. The zero-order valence-corrected chi connectivity index (χ0v) is 44.1. The topological polar surface area (TPSA) is 192 Å². The predicted molar refractivity (Wildman–Crippen MR) is 291 cm³/mol. The predicted octanol–water partition coefficient (Wildman–Crippen LogP) is 8.23. The number of fused-ring (bicyclic) bond motifs is 2. The highest BCUT2D eigenvalue weighted by Crippen LogP contribution is 2.42. The van der Waals surface area contributed by atoms with E-state index in [-0.39, 0.29) is 13.4 Å². The van der Waals surface area contributed by atoms with E-state index in [0.717, 1.165) is 128 Å². The number of halogens is 1. The molecule has 0 spiro atoms. The first-order valence-electron chi connectivity index (χ1n) is 25.7. The molecular formula is C55H68ClN13O5. The molecule has 19 heteroatoms. The standard InChI is InChI=1S/C55H68ClN13O5/c1-7-67-16-18-69(19-17-67)47-27-49(45(22-35(47)2)65-52-57-12-8-43(63-52)37-23-40-50(59-28-37)61-30-54(40,3)32-70)74-34-73-33-55(4)31-62-51-41(55)24-38(29-60-51)44-9-13-58-53(64-44)66-46-26-42(56)39(25-48(46)72-6)36-10-14-68(15-11-36)20-21-71-5/h8-9,12-13,22-29,36,70H,7,10-11,14-21,30-34H2,1-6H3,(H,59,61)(H,60,62)(H,57,63,65)(H,58,64,66). The van der Waals surface area contributed by atoms with Crippen LogP contribution in [0.3, 0.4) is 0 Å². The van der Waals surface area contributed by atoms with Gasteiger partial charge in [0.1, 0.15) is 23.1 Å². The van der Waals surface area contributed by atoms with Gasteiger partial charge in [-0.1, -0.05) is 32.4 Å². The van der Waals surface area contributed by atoms with Crippen LogP contribution in [0.25, 0.3) is 22.5 Å². The molecule has 6 aromatic rings. The molecule has 390 valence electrons. The van der Waals surface area contributed by atoms with Crippen molar-refractivity contribution in [2.75, 3.05) is 132 Å². The number of piperidine rings is 1. The number of aliphatic hydroxyl groups is 1. The first-order chi connectivity index (χ1) is 36.0. The molecule has 2 saturated heterocycles. The SMILES string of the molecule is CCN1CCN(c2cc(OCOCC3(C)CNc4ncc(-c5ccnc(Nc6cc(Cl)c(C7CCN(CCOC)CC7)cc6OC)n5)cc43)c(Nc3nccc(-c4cnc5c(c4)C(C)(CO)CN5)n3)cc2C)CC1. The van der Waals surface area contributed by atoms with Crippen LogP contribution in [-0.2, 0) is 20.3 Å². The van der Waals surface area contributed by atoms with E-state index >= 15 is 0 Å². The van der Waals surface area contributed by atoms with E-state index in [1.54, 1.807) is 32.8 Å². The minimum absolute atomic E-state index is 0.00171. The maximum Gasteiger partial charge on any atom is 0.227 e. The Morgan fingerprint density at radius 3 is 1.99 bits per heavy atom. The molecule has 74 heavy (non-hydrogen) atoms. The Balaban J connectivity index is 0.830. The fourth-order valence-electron chi connectivity index (χ4n) is 10.6. The number of anilines is 7. The van der Waals surface area contributed by atoms with Gasteiger partial charge >= 0.3 is 0 Å². The molecule has 2 aromatic carbocycles. The van der Waals surface area contributed by atoms with Crippen molar-refractivity contribution in [3.63, 3.8) is 0 Å². The summed E-state index contributed by atoms with van der Waals surface area (Å²) in [6.45, 7) is 18.7. The normalized spacial score (nSPS) is 19.9. The molecule has 18 nitrogen and oxygen atoms in total. The highest BCUT2D eigenvalue weighted by molar-refractivity contribution is 6.31. The van der Waals surface area contributed by atoms with Crippen molar-refractivity contribution in [3.8, 4) is 34.0 Å². The summed E-state index contributed by atoms with van der Waals surface area (Å²) in [5.41, 5.74) is 8.97. The third-order valence-corrected chi connectivity index (χ3v) is 15.6. The third-order valence-electron chi connectivity index (χ3n) is 15.2. The maximum absolute atomic E-state index is 10.2. The highest BCUT2D eigenvalue weighted by atomic mass is 35.5. The summed E-state index contributed by atoms with van der Waals surface area (Å²) in [5.74, 6) is 4.07. The van der Waals surface area contributed by atoms with Gasteiger partial charge in [-0.3, -0.25) is 0 Å². The van der Waals surface area contributed by atoms with Gasteiger partial charge in [-0.05, 0) is 98.9 Å². The van der Waals surface area contributed by atoms with Gasteiger partial charge in [0.2, 0.25) is 11.9 Å². The molecule has 0 bridgehead atoms. The van der Waals surface area contributed by atoms with Crippen molar-refractivity contribution in [2.45, 2.75) is 57.3 Å². The highest BCUT2D eigenvalue weighted by Gasteiger charge is 2.37. The molecule has 0 saturated carbocycles. The summed E-state index contributed by atoms with van der Waals surface area (Å²) < 4.78 is 24.2. The van der Waals surface area contributed by atoms with Crippen molar-refractivity contribution >= 4 is 52.2 Å². The summed E-state index contributed by atoms with van der Waals surface area (Å²) in [4.78, 5) is 35.8. The minimum Gasteiger partial charge on any atom is -0.495 e. The average Bonchev–Trinajstić information content (AvgIpc) is 3.95. The van der Waals surface area contributed by atoms with Crippen LogP contribution in [0.15, 0.2) is 73.3 Å². The Kier molecular flexibility index (Phi) is 15.3. The smallest absolute Gasteiger partial charge is 0.227 e. The molecule has 4 aliphatic heterocycles. The fourth-order valence-corrected chi connectivity index (χ4v) is 10.9. The quantitative estimate of drug-likeness (QED) is 0.0385. The van der Waals surface area contributed by atoms with Crippen LogP contribution in [0.2, 0.25) is 5.02 Å². The van der Waals surface area contributed by atoms with Crippen molar-refractivity contribution in [2.24, 2.45) is 0 Å². The molecule has 5 N–H and O–H groups in total. The van der Waals surface area contributed by atoms with Crippen molar-refractivity contribution in [1.82, 2.24) is 39.7 Å². The van der Waals surface area contributed by atoms with E-state index in [2.05, 4.69) is 102 Å². The van der Waals surface area contributed by atoms with Gasteiger partial charge < -0.3 is 60.0 Å². The van der Waals surface area contributed by atoms with Gasteiger partial charge in [0.05, 0.1) is 49.7 Å². The van der Waals surface area contributed by atoms with E-state index in [1.165, 1.54) is 0 Å². The van der Waals surface area contributed by atoms with E-state index in [9.17, 15) is 5.11 Å². The number of aliphatic hydroxyl groups excluding tert-OH is 1. The Morgan fingerprint density at radius 2 is 1.38 bits per heavy atom. The zero-order chi connectivity index (χ0) is 51.4. The first kappa shape index (κ1) is 51.1. The van der Waals surface area contributed by atoms with Crippen molar-refractivity contribution in [1.29, 1.82) is 0 Å². The van der Waals surface area contributed by atoms with Crippen LogP contribution < -0.4 is 35.6 Å². The molecule has 0 amide bonds. The summed E-state index contributed by atoms with van der Waals surface area (Å²) in [5, 5.41) is 24.5. The first-order valence-corrected chi connectivity index (χ1v) is 26.1. The number of aromatic nitrogens is 6. The molecule has 4 aliphatic rings. The zero-order valence-electron chi connectivity index (χ0n) is 43.3. The number of likely N-dealkylation sites (tertiary alicyclic amines) is 1. The number of piperazine rings is 1. The second kappa shape index (κ2) is 22.2. The fraction of sp³-hybridized carbons (Fsp3) is 0.455. The Hall–Kier alpha value is -6.41. The third kappa shape index (κ3) is 10.9. The lowest BCUT2D eigenvalue weighted by molar-refractivity contribution is -0.00435. The van der Waals surface area contributed by atoms with E-state index in [0.29, 0.717) is 71.1 Å². The number of methoxy groups -OCH3 is 2. The van der Waals surface area contributed by atoms with Crippen LogP contribution in [0, 0.1) is 6.92 Å². The molecule has 4 aromatic heterocycles. The van der Waals surface area contributed by atoms with Crippen LogP contribution in [0.1, 0.15) is 61.8 Å². The molecular weight excluding hydrogens is 958 g/mol. The summed E-state index contributed by atoms with van der Waals surface area (Å²) in [6, 6.07) is 16.1. The second-order valence-electron chi connectivity index (χ2n) is 20.4. The van der Waals surface area contributed by atoms with Gasteiger partial charge in [-0.25, -0.2) is 29.9 Å². The number of benzene rings is 2. The number of hydrogen-bond donors (Lipinski definition) is 5. The number of nitrogens with zero attached hydrogens (tertiary/aromatic N) is 9. The average molecular weight is 1030 g/mol. The molecule has 8 heterocycles. The molecule has 2 unspecified atom stereocenters. The van der Waals surface area contributed by atoms with E-state index in [4.69, 9.17) is 45.5 Å². The van der Waals surface area contributed by atoms with Gasteiger partial charge in [-0.2, -0.15) is 0 Å². The lowest BCUT2D eigenvalue weighted by Crippen LogP contribution is -2.46. The van der Waals surface area contributed by atoms with Crippen LogP contribution >= 0.6 is 11.6 Å². The number of hydrogen-bond acceptors (Lipinski definition) is 18. The second-order valence-corrected chi connectivity index (χ2v) is 20.8. The summed E-state index contributed by atoms with van der Waals surface area (Å²) >= 11 is 6.97. The number of nitrogens with one attached hydrogen (secondary N) is 4. The van der Waals surface area contributed by atoms with Gasteiger partial charge in [0, 0.05) is 128 Å². The monoisotopic (exact) mass is 1030 g/mol. The minimum atomic E-state index is -0.429. The Labute approximate surface area is 438 Å². The maximum atomic E-state index is 10.2. The molecule has 2 atom stereocenters.